The van der Waals surface area contributed by atoms with Crippen molar-refractivity contribution in [2.75, 3.05) is 13.2 Å². The van der Waals surface area contributed by atoms with Crippen molar-refractivity contribution in [3.8, 4) is 5.75 Å². The highest BCUT2D eigenvalue weighted by atomic mass is 16.5. The lowest BCUT2D eigenvalue weighted by atomic mass is 10.2. The highest BCUT2D eigenvalue weighted by molar-refractivity contribution is 5.77. The van der Waals surface area contributed by atoms with Gasteiger partial charge in [-0.1, -0.05) is 5.11 Å². The molecule has 1 heterocycles. The Labute approximate surface area is 114 Å². The van der Waals surface area contributed by atoms with Crippen LogP contribution in [0, 0.1) is 0 Å². The number of rotatable bonds is 6. The molecule has 1 unspecified atom stereocenters. The van der Waals surface area contributed by atoms with Gasteiger partial charge in [-0.15, -0.1) is 0 Å². The zero-order valence-corrected chi connectivity index (χ0v) is 10.6. The zero-order valence-electron chi connectivity index (χ0n) is 10.6. The van der Waals surface area contributed by atoms with E-state index in [0.29, 0.717) is 17.8 Å². The fourth-order valence-corrected chi connectivity index (χ4v) is 1.67. The number of fused-ring (bicyclic) bond motifs is 1. The van der Waals surface area contributed by atoms with Crippen LogP contribution in [0.15, 0.2) is 44.7 Å². The third-order valence-electron chi connectivity index (χ3n) is 2.67. The first kappa shape index (κ1) is 13.9. The van der Waals surface area contributed by atoms with E-state index in [2.05, 4.69) is 10.0 Å². The third-order valence-corrected chi connectivity index (χ3v) is 2.67. The topological polar surface area (TPSA) is 108 Å². The molecule has 0 radical (unpaired) electrons. The van der Waals surface area contributed by atoms with Gasteiger partial charge in [0.1, 0.15) is 11.3 Å². The number of nitrogens with zero attached hydrogens (tertiary/aromatic N) is 3. The van der Waals surface area contributed by atoms with Gasteiger partial charge in [0.05, 0.1) is 19.3 Å². The maximum absolute atomic E-state index is 11.1. The normalized spacial score (nSPS) is 11.8. The van der Waals surface area contributed by atoms with Gasteiger partial charge in [0.2, 0.25) is 0 Å². The van der Waals surface area contributed by atoms with Crippen molar-refractivity contribution >= 4 is 11.0 Å². The Kier molecular flexibility index (Phi) is 4.60. The summed E-state index contributed by atoms with van der Waals surface area (Å²) in [6.07, 6.45) is -0.389. The largest absolute Gasteiger partial charge is 0.493 e. The van der Waals surface area contributed by atoms with Crippen LogP contribution < -0.4 is 10.4 Å². The molecule has 1 N–H and O–H groups in total. The molecule has 1 aromatic heterocycles. The standard InChI is InChI=1S/C13H13N3O4/c14-16-15-8-10(17)5-6-19-11-3-1-9-2-4-13(18)20-12(9)7-11/h1-4,7,10,17H,5-6,8H2. The summed E-state index contributed by atoms with van der Waals surface area (Å²) in [5, 5.41) is 13.5. The molecule has 0 spiro atoms. The molecule has 0 saturated carbocycles. The molecule has 0 aliphatic rings. The second kappa shape index (κ2) is 6.60. The van der Waals surface area contributed by atoms with E-state index in [4.69, 9.17) is 14.7 Å². The highest BCUT2D eigenvalue weighted by Crippen LogP contribution is 2.19. The summed E-state index contributed by atoms with van der Waals surface area (Å²) in [6, 6.07) is 8.19. The highest BCUT2D eigenvalue weighted by Gasteiger charge is 2.04. The van der Waals surface area contributed by atoms with Gasteiger partial charge < -0.3 is 14.3 Å². The van der Waals surface area contributed by atoms with Crippen LogP contribution >= 0.6 is 0 Å². The number of benzene rings is 1. The van der Waals surface area contributed by atoms with E-state index in [9.17, 15) is 9.90 Å². The summed E-state index contributed by atoms with van der Waals surface area (Å²) in [5.41, 5.74) is 8.15. The fourth-order valence-electron chi connectivity index (χ4n) is 1.67. The van der Waals surface area contributed by atoms with Crippen molar-refractivity contribution in [1.29, 1.82) is 0 Å². The van der Waals surface area contributed by atoms with Crippen LogP contribution in [0.5, 0.6) is 5.75 Å². The van der Waals surface area contributed by atoms with Gasteiger partial charge in [-0.3, -0.25) is 0 Å². The first-order valence-electron chi connectivity index (χ1n) is 6.04. The second-order valence-electron chi connectivity index (χ2n) is 4.16. The molecule has 2 rings (SSSR count). The molecule has 0 aliphatic heterocycles. The van der Waals surface area contributed by atoms with E-state index in [1.165, 1.54) is 6.07 Å². The molecule has 2 aromatic rings. The van der Waals surface area contributed by atoms with Crippen LogP contribution in [0.4, 0.5) is 0 Å². The number of aliphatic hydroxyl groups excluding tert-OH is 1. The quantitative estimate of drug-likeness (QED) is 0.377. The molecule has 0 saturated heterocycles. The number of ether oxygens (including phenoxy) is 1. The molecule has 104 valence electrons. The molecule has 7 heteroatoms. The Balaban J connectivity index is 1.96. The average Bonchev–Trinajstić information content (AvgIpc) is 2.44. The number of aliphatic hydroxyl groups is 1. The first-order chi connectivity index (χ1) is 9.69. The summed E-state index contributed by atoms with van der Waals surface area (Å²) in [5.74, 6) is 0.544. The van der Waals surface area contributed by atoms with Crippen molar-refractivity contribution in [2.24, 2.45) is 5.11 Å². The smallest absolute Gasteiger partial charge is 0.336 e. The van der Waals surface area contributed by atoms with E-state index in [-0.39, 0.29) is 13.2 Å². The maximum atomic E-state index is 11.1. The third kappa shape index (κ3) is 3.74. The van der Waals surface area contributed by atoms with Crippen molar-refractivity contribution in [2.45, 2.75) is 12.5 Å². The molecular formula is C13H13N3O4. The minimum absolute atomic E-state index is 0.0203. The summed E-state index contributed by atoms with van der Waals surface area (Å²) < 4.78 is 10.5. The Morgan fingerprint density at radius 1 is 1.40 bits per heavy atom. The van der Waals surface area contributed by atoms with E-state index in [0.717, 1.165) is 5.39 Å². The van der Waals surface area contributed by atoms with E-state index in [1.54, 1.807) is 24.3 Å². The Morgan fingerprint density at radius 2 is 2.20 bits per heavy atom. The van der Waals surface area contributed by atoms with Gasteiger partial charge in [-0.25, -0.2) is 4.79 Å². The minimum Gasteiger partial charge on any atom is -0.493 e. The Bertz CT molecular complexity index is 691. The van der Waals surface area contributed by atoms with Crippen LogP contribution in [0.1, 0.15) is 6.42 Å². The number of hydrogen-bond acceptors (Lipinski definition) is 5. The molecule has 0 fully saturated rings. The lowest BCUT2D eigenvalue weighted by Gasteiger charge is -2.09. The predicted molar refractivity (Wildman–Crippen MR) is 72.6 cm³/mol. The van der Waals surface area contributed by atoms with Gasteiger partial charge >= 0.3 is 5.63 Å². The monoisotopic (exact) mass is 275 g/mol. The van der Waals surface area contributed by atoms with E-state index < -0.39 is 11.7 Å². The molecular weight excluding hydrogens is 262 g/mol. The zero-order chi connectivity index (χ0) is 14.4. The lowest BCUT2D eigenvalue weighted by Crippen LogP contribution is -2.14. The van der Waals surface area contributed by atoms with Crippen LogP contribution in [-0.2, 0) is 0 Å². The molecule has 20 heavy (non-hydrogen) atoms. The SMILES string of the molecule is [N-]=[N+]=NCC(O)CCOc1ccc2ccc(=O)oc2c1. The minimum atomic E-state index is -0.732. The van der Waals surface area contributed by atoms with Crippen LogP contribution in [0.2, 0.25) is 0 Å². The summed E-state index contributed by atoms with van der Waals surface area (Å²) in [4.78, 5) is 13.7. The molecule has 0 amide bonds. The van der Waals surface area contributed by atoms with Gasteiger partial charge in [0, 0.05) is 28.9 Å². The molecule has 1 atom stereocenters. The van der Waals surface area contributed by atoms with Gasteiger partial charge in [0.15, 0.2) is 0 Å². The lowest BCUT2D eigenvalue weighted by molar-refractivity contribution is 0.146. The summed E-state index contributed by atoms with van der Waals surface area (Å²) in [6.45, 7) is 0.289. The van der Waals surface area contributed by atoms with Crippen LogP contribution in [0.3, 0.4) is 0 Å². The van der Waals surface area contributed by atoms with Gasteiger partial charge in [-0.05, 0) is 23.7 Å². The van der Waals surface area contributed by atoms with Crippen molar-refractivity contribution < 1.29 is 14.3 Å². The van der Waals surface area contributed by atoms with Crippen molar-refractivity contribution in [1.82, 2.24) is 0 Å². The summed E-state index contributed by atoms with van der Waals surface area (Å²) >= 11 is 0. The van der Waals surface area contributed by atoms with Gasteiger partial charge in [0.25, 0.3) is 0 Å². The molecule has 1 aromatic carbocycles. The van der Waals surface area contributed by atoms with E-state index >= 15 is 0 Å². The summed E-state index contributed by atoms with van der Waals surface area (Å²) in [7, 11) is 0. The Hall–Kier alpha value is -2.50. The maximum Gasteiger partial charge on any atom is 0.336 e. The Morgan fingerprint density at radius 3 is 3.00 bits per heavy atom. The molecule has 7 nitrogen and oxygen atoms in total. The average molecular weight is 275 g/mol. The molecule has 0 bridgehead atoms. The second-order valence-corrected chi connectivity index (χ2v) is 4.16. The van der Waals surface area contributed by atoms with E-state index in [1.807, 2.05) is 0 Å². The molecule has 0 aliphatic carbocycles. The first-order valence-corrected chi connectivity index (χ1v) is 6.04. The van der Waals surface area contributed by atoms with Crippen LogP contribution in [0.25, 0.3) is 21.4 Å². The van der Waals surface area contributed by atoms with Crippen molar-refractivity contribution in [3.05, 3.63) is 51.2 Å². The number of hydrogen-bond donors (Lipinski definition) is 1. The van der Waals surface area contributed by atoms with Gasteiger partial charge in [-0.2, -0.15) is 0 Å². The predicted octanol–water partition coefficient (Wildman–Crippen LogP) is 2.23. The van der Waals surface area contributed by atoms with Crippen LogP contribution in [-0.4, -0.2) is 24.4 Å². The number of azide groups is 1. The van der Waals surface area contributed by atoms with Crippen molar-refractivity contribution in [3.63, 3.8) is 0 Å². The fraction of sp³-hybridized carbons (Fsp3) is 0.308.